The molecule has 0 aliphatic carbocycles. The van der Waals surface area contributed by atoms with Gasteiger partial charge >= 0.3 is 0 Å². The molecular weight excluding hydrogens is 248 g/mol. The minimum Gasteiger partial charge on any atom is -0.379 e. The van der Waals surface area contributed by atoms with E-state index in [1.807, 2.05) is 10.9 Å². The first-order chi connectivity index (χ1) is 9.47. The van der Waals surface area contributed by atoms with Gasteiger partial charge in [-0.25, -0.2) is 0 Å². The number of benzene rings is 1. The molecule has 1 aromatic carbocycles. The summed E-state index contributed by atoms with van der Waals surface area (Å²) < 4.78 is 1.98. The van der Waals surface area contributed by atoms with Crippen molar-refractivity contribution >= 4 is 11.4 Å². The summed E-state index contributed by atoms with van der Waals surface area (Å²) in [5, 5.41) is 7.98. The molecule has 0 spiro atoms. The van der Waals surface area contributed by atoms with Gasteiger partial charge in [-0.05, 0) is 44.5 Å². The Kier molecular flexibility index (Phi) is 4.32. The lowest BCUT2D eigenvalue weighted by molar-refractivity contribution is 0.527. The van der Waals surface area contributed by atoms with Gasteiger partial charge in [-0.3, -0.25) is 4.68 Å². The zero-order valence-corrected chi connectivity index (χ0v) is 13.0. The largest absolute Gasteiger partial charge is 0.379 e. The van der Waals surface area contributed by atoms with Crippen LogP contribution in [0.5, 0.6) is 0 Å². The third-order valence-electron chi connectivity index (χ3n) is 3.36. The van der Waals surface area contributed by atoms with Crippen molar-refractivity contribution in [3.8, 4) is 0 Å². The Morgan fingerprint density at radius 1 is 1.25 bits per heavy atom. The minimum absolute atomic E-state index is 0.406. The van der Waals surface area contributed by atoms with Crippen LogP contribution >= 0.6 is 0 Å². The predicted molar refractivity (Wildman–Crippen MR) is 85.4 cm³/mol. The van der Waals surface area contributed by atoms with Crippen LogP contribution in [0.2, 0.25) is 0 Å². The molecule has 0 unspecified atom stereocenters. The Bertz CT molecular complexity index is 570. The number of nitrogens with one attached hydrogen (secondary N) is 1. The van der Waals surface area contributed by atoms with E-state index in [0.717, 1.165) is 17.9 Å². The molecule has 2 aromatic rings. The van der Waals surface area contributed by atoms with Crippen LogP contribution in [0, 0.1) is 6.92 Å². The smallest absolute Gasteiger partial charge is 0.0815 e. The molecule has 1 aromatic heterocycles. The third-order valence-corrected chi connectivity index (χ3v) is 3.36. The van der Waals surface area contributed by atoms with E-state index in [4.69, 9.17) is 0 Å². The van der Waals surface area contributed by atoms with Gasteiger partial charge in [0.2, 0.25) is 0 Å². The number of rotatable bonds is 5. The van der Waals surface area contributed by atoms with Crippen molar-refractivity contribution in [3.05, 3.63) is 41.7 Å². The van der Waals surface area contributed by atoms with Gasteiger partial charge in [0.25, 0.3) is 0 Å². The average Bonchev–Trinajstić information content (AvgIpc) is 2.86. The molecular formula is C16H24N4. The molecule has 0 aliphatic heterocycles. The SMILES string of the molecule is Cc1ccc(NCc2ccn(C(C)C)n2)cc1N(C)C. The van der Waals surface area contributed by atoms with E-state index in [1.54, 1.807) is 0 Å². The molecule has 0 bridgehead atoms. The maximum absolute atomic E-state index is 4.54. The molecule has 0 fully saturated rings. The van der Waals surface area contributed by atoms with Crippen molar-refractivity contribution in [1.82, 2.24) is 9.78 Å². The van der Waals surface area contributed by atoms with Crippen molar-refractivity contribution < 1.29 is 0 Å². The van der Waals surface area contributed by atoms with E-state index < -0.39 is 0 Å². The summed E-state index contributed by atoms with van der Waals surface area (Å²) in [5.41, 5.74) is 4.71. The van der Waals surface area contributed by atoms with E-state index in [2.05, 4.69) is 74.4 Å². The predicted octanol–water partition coefficient (Wildman–Crippen LogP) is 3.45. The van der Waals surface area contributed by atoms with Crippen LogP contribution in [-0.2, 0) is 6.54 Å². The highest BCUT2D eigenvalue weighted by Gasteiger charge is 2.04. The molecule has 0 saturated heterocycles. The molecule has 20 heavy (non-hydrogen) atoms. The number of hydrogen-bond acceptors (Lipinski definition) is 3. The second kappa shape index (κ2) is 5.99. The van der Waals surface area contributed by atoms with E-state index in [1.165, 1.54) is 11.3 Å². The zero-order valence-electron chi connectivity index (χ0n) is 13.0. The summed E-state index contributed by atoms with van der Waals surface area (Å²) in [4.78, 5) is 2.13. The van der Waals surface area contributed by atoms with Gasteiger partial charge in [0.1, 0.15) is 0 Å². The fourth-order valence-corrected chi connectivity index (χ4v) is 2.15. The van der Waals surface area contributed by atoms with Crippen molar-refractivity contribution in [2.45, 2.75) is 33.4 Å². The summed E-state index contributed by atoms with van der Waals surface area (Å²) >= 11 is 0. The molecule has 0 saturated carbocycles. The third kappa shape index (κ3) is 3.32. The standard InChI is InChI=1S/C16H24N4/c1-12(2)20-9-8-15(18-20)11-17-14-7-6-13(3)16(10-14)19(4)5/h6-10,12,17H,11H2,1-5H3. The van der Waals surface area contributed by atoms with E-state index in [0.29, 0.717) is 6.04 Å². The van der Waals surface area contributed by atoms with Gasteiger partial charge in [-0.15, -0.1) is 0 Å². The van der Waals surface area contributed by atoms with Crippen LogP contribution in [-0.4, -0.2) is 23.9 Å². The molecule has 0 radical (unpaired) electrons. The molecule has 108 valence electrons. The van der Waals surface area contributed by atoms with Crippen LogP contribution in [0.3, 0.4) is 0 Å². The minimum atomic E-state index is 0.406. The van der Waals surface area contributed by atoms with Gasteiger partial charge in [-0.1, -0.05) is 6.07 Å². The summed E-state index contributed by atoms with van der Waals surface area (Å²) in [7, 11) is 4.13. The quantitative estimate of drug-likeness (QED) is 0.905. The average molecular weight is 272 g/mol. The molecule has 4 nitrogen and oxygen atoms in total. The fraction of sp³-hybridized carbons (Fsp3) is 0.438. The van der Waals surface area contributed by atoms with Gasteiger partial charge in [0, 0.05) is 37.7 Å². The summed E-state index contributed by atoms with van der Waals surface area (Å²) in [6.45, 7) is 7.14. The molecule has 1 heterocycles. The Hall–Kier alpha value is -1.97. The first kappa shape index (κ1) is 14.4. The molecule has 0 amide bonds. The van der Waals surface area contributed by atoms with E-state index in [-0.39, 0.29) is 0 Å². The summed E-state index contributed by atoms with van der Waals surface area (Å²) in [5.74, 6) is 0. The van der Waals surface area contributed by atoms with Crippen LogP contribution in [0.15, 0.2) is 30.5 Å². The van der Waals surface area contributed by atoms with Gasteiger partial charge in [0.15, 0.2) is 0 Å². The Morgan fingerprint density at radius 3 is 2.60 bits per heavy atom. The van der Waals surface area contributed by atoms with Gasteiger partial charge < -0.3 is 10.2 Å². The molecule has 0 atom stereocenters. The molecule has 0 aliphatic rings. The number of anilines is 2. The second-order valence-electron chi connectivity index (χ2n) is 5.63. The van der Waals surface area contributed by atoms with Crippen LogP contribution in [0.25, 0.3) is 0 Å². The lowest BCUT2D eigenvalue weighted by Gasteiger charge is -2.17. The van der Waals surface area contributed by atoms with Crippen LogP contribution in [0.1, 0.15) is 31.1 Å². The maximum Gasteiger partial charge on any atom is 0.0815 e. The van der Waals surface area contributed by atoms with E-state index in [9.17, 15) is 0 Å². The highest BCUT2D eigenvalue weighted by Crippen LogP contribution is 2.22. The first-order valence-corrected chi connectivity index (χ1v) is 7.03. The normalized spacial score (nSPS) is 10.9. The fourth-order valence-electron chi connectivity index (χ4n) is 2.15. The van der Waals surface area contributed by atoms with Crippen molar-refractivity contribution in [3.63, 3.8) is 0 Å². The second-order valence-corrected chi connectivity index (χ2v) is 5.63. The lowest BCUT2D eigenvalue weighted by Crippen LogP contribution is -2.11. The number of aromatic nitrogens is 2. The first-order valence-electron chi connectivity index (χ1n) is 7.03. The maximum atomic E-state index is 4.54. The Balaban J connectivity index is 2.05. The van der Waals surface area contributed by atoms with Crippen LogP contribution < -0.4 is 10.2 Å². The molecule has 2 rings (SSSR count). The number of hydrogen-bond donors (Lipinski definition) is 1. The zero-order chi connectivity index (χ0) is 14.7. The van der Waals surface area contributed by atoms with Crippen LogP contribution in [0.4, 0.5) is 11.4 Å². The van der Waals surface area contributed by atoms with Gasteiger partial charge in [-0.2, -0.15) is 5.10 Å². The van der Waals surface area contributed by atoms with Gasteiger partial charge in [0.05, 0.1) is 12.2 Å². The number of aryl methyl sites for hydroxylation is 1. The number of nitrogens with zero attached hydrogens (tertiary/aromatic N) is 3. The topological polar surface area (TPSA) is 33.1 Å². The monoisotopic (exact) mass is 272 g/mol. The summed E-state index contributed by atoms with van der Waals surface area (Å²) in [6, 6.07) is 8.90. The molecule has 1 N–H and O–H groups in total. The van der Waals surface area contributed by atoms with Crippen molar-refractivity contribution in [2.24, 2.45) is 0 Å². The lowest BCUT2D eigenvalue weighted by atomic mass is 10.1. The van der Waals surface area contributed by atoms with Crippen molar-refractivity contribution in [1.29, 1.82) is 0 Å². The highest BCUT2D eigenvalue weighted by atomic mass is 15.3. The van der Waals surface area contributed by atoms with Crippen molar-refractivity contribution in [2.75, 3.05) is 24.3 Å². The summed E-state index contributed by atoms with van der Waals surface area (Å²) in [6.07, 6.45) is 2.03. The molecule has 4 heteroatoms. The Morgan fingerprint density at radius 2 is 2.00 bits per heavy atom. The Labute approximate surface area is 121 Å². The highest BCUT2D eigenvalue weighted by molar-refractivity contribution is 5.61. The van der Waals surface area contributed by atoms with E-state index >= 15 is 0 Å².